The summed E-state index contributed by atoms with van der Waals surface area (Å²) in [6.45, 7) is 7.84. The molecule has 0 aliphatic heterocycles. The summed E-state index contributed by atoms with van der Waals surface area (Å²) in [5.74, 6) is -0.969. The average Bonchev–Trinajstić information content (AvgIpc) is 2.38. The fraction of sp³-hybridized carbons (Fsp3) is 0.429. The second-order valence-corrected chi connectivity index (χ2v) is 3.81. The lowest BCUT2D eigenvalue weighted by Gasteiger charge is -2.09. The SMILES string of the molecule is CC.CC(C)OC(=O)NCc1ccc(C(=O)O)cc1. The molecule has 0 saturated carbocycles. The molecular weight excluding hydrogens is 246 g/mol. The number of benzene rings is 1. The van der Waals surface area contributed by atoms with E-state index in [0.717, 1.165) is 5.56 Å². The fourth-order valence-corrected chi connectivity index (χ4v) is 1.20. The molecule has 1 rings (SSSR count). The lowest BCUT2D eigenvalue weighted by atomic mass is 10.1. The summed E-state index contributed by atoms with van der Waals surface area (Å²) in [7, 11) is 0. The first-order valence-corrected chi connectivity index (χ1v) is 6.25. The number of carboxylic acids is 1. The van der Waals surface area contributed by atoms with E-state index >= 15 is 0 Å². The number of amides is 1. The molecule has 0 spiro atoms. The van der Waals surface area contributed by atoms with Gasteiger partial charge in [0.05, 0.1) is 11.7 Å². The minimum absolute atomic E-state index is 0.163. The molecule has 0 bridgehead atoms. The Balaban J connectivity index is 0.00000154. The predicted molar refractivity (Wildman–Crippen MR) is 73.2 cm³/mol. The second kappa shape index (κ2) is 8.97. The Morgan fingerprint density at radius 3 is 2.16 bits per heavy atom. The van der Waals surface area contributed by atoms with Crippen molar-refractivity contribution in [2.45, 2.75) is 40.3 Å². The number of carbonyl (C=O) groups excluding carboxylic acids is 1. The Labute approximate surface area is 113 Å². The van der Waals surface area contributed by atoms with Crippen LogP contribution in [0.1, 0.15) is 43.6 Å². The zero-order chi connectivity index (χ0) is 14.8. The highest BCUT2D eigenvalue weighted by Crippen LogP contribution is 2.04. The molecule has 0 aliphatic carbocycles. The number of nitrogens with one attached hydrogen (secondary N) is 1. The largest absolute Gasteiger partial charge is 0.478 e. The molecule has 0 atom stereocenters. The normalized spacial score (nSPS) is 9.32. The maximum absolute atomic E-state index is 11.2. The number of rotatable bonds is 4. The molecule has 0 heterocycles. The molecule has 2 N–H and O–H groups in total. The van der Waals surface area contributed by atoms with E-state index in [1.54, 1.807) is 26.0 Å². The zero-order valence-corrected chi connectivity index (χ0v) is 11.8. The third kappa shape index (κ3) is 7.08. The minimum atomic E-state index is -0.969. The number of hydrogen-bond acceptors (Lipinski definition) is 3. The number of hydrogen-bond donors (Lipinski definition) is 2. The summed E-state index contributed by atoms with van der Waals surface area (Å²) in [6, 6.07) is 6.29. The van der Waals surface area contributed by atoms with Gasteiger partial charge in [0.25, 0.3) is 0 Å². The summed E-state index contributed by atoms with van der Waals surface area (Å²) in [5.41, 5.74) is 1.04. The van der Waals surface area contributed by atoms with Gasteiger partial charge in [-0.2, -0.15) is 0 Å². The first kappa shape index (κ1) is 17.0. The highest BCUT2D eigenvalue weighted by atomic mass is 16.6. The Morgan fingerprint density at radius 2 is 1.74 bits per heavy atom. The van der Waals surface area contributed by atoms with Gasteiger partial charge in [-0.25, -0.2) is 9.59 Å². The topological polar surface area (TPSA) is 75.6 Å². The van der Waals surface area contributed by atoms with Crippen molar-refractivity contribution in [1.29, 1.82) is 0 Å². The van der Waals surface area contributed by atoms with Crippen molar-refractivity contribution in [1.82, 2.24) is 5.32 Å². The van der Waals surface area contributed by atoms with E-state index in [2.05, 4.69) is 5.32 Å². The Morgan fingerprint density at radius 1 is 1.21 bits per heavy atom. The van der Waals surface area contributed by atoms with Gasteiger partial charge in [0.1, 0.15) is 0 Å². The number of carbonyl (C=O) groups is 2. The molecule has 106 valence electrons. The zero-order valence-electron chi connectivity index (χ0n) is 11.8. The van der Waals surface area contributed by atoms with Crippen molar-refractivity contribution in [3.63, 3.8) is 0 Å². The fourth-order valence-electron chi connectivity index (χ4n) is 1.20. The van der Waals surface area contributed by atoms with Gasteiger partial charge < -0.3 is 15.2 Å². The Bertz CT molecular complexity index is 398. The van der Waals surface area contributed by atoms with E-state index in [1.165, 1.54) is 12.1 Å². The lowest BCUT2D eigenvalue weighted by Crippen LogP contribution is -2.26. The Hall–Kier alpha value is -2.04. The van der Waals surface area contributed by atoms with Crippen LogP contribution >= 0.6 is 0 Å². The third-order valence-corrected chi connectivity index (χ3v) is 1.98. The molecule has 0 aliphatic rings. The van der Waals surface area contributed by atoms with Crippen molar-refractivity contribution >= 4 is 12.1 Å². The van der Waals surface area contributed by atoms with E-state index in [-0.39, 0.29) is 11.7 Å². The summed E-state index contributed by atoms with van der Waals surface area (Å²) in [5, 5.41) is 11.3. The van der Waals surface area contributed by atoms with Crippen LogP contribution < -0.4 is 5.32 Å². The first-order valence-electron chi connectivity index (χ1n) is 6.25. The highest BCUT2D eigenvalue weighted by Gasteiger charge is 2.05. The summed E-state index contributed by atoms with van der Waals surface area (Å²) < 4.78 is 4.89. The van der Waals surface area contributed by atoms with Gasteiger partial charge in [-0.1, -0.05) is 26.0 Å². The number of aromatic carboxylic acids is 1. The van der Waals surface area contributed by atoms with Crippen LogP contribution in [0.3, 0.4) is 0 Å². The van der Waals surface area contributed by atoms with Crippen molar-refractivity contribution in [3.05, 3.63) is 35.4 Å². The number of alkyl carbamates (subject to hydrolysis) is 1. The van der Waals surface area contributed by atoms with Gasteiger partial charge in [-0.05, 0) is 31.5 Å². The molecule has 0 unspecified atom stereocenters. The van der Waals surface area contributed by atoms with E-state index < -0.39 is 12.1 Å². The molecule has 19 heavy (non-hydrogen) atoms. The standard InChI is InChI=1S/C12H15NO4.C2H6/c1-8(2)17-12(16)13-7-9-3-5-10(6-4-9)11(14)15;1-2/h3-6,8H,7H2,1-2H3,(H,13,16)(H,14,15);1-2H3. The first-order chi connectivity index (χ1) is 8.99. The van der Waals surface area contributed by atoms with Crippen molar-refractivity contribution in [2.75, 3.05) is 0 Å². The number of ether oxygens (including phenoxy) is 1. The summed E-state index contributed by atoms with van der Waals surface area (Å²) in [6.07, 6.45) is -0.647. The van der Waals surface area contributed by atoms with E-state index in [9.17, 15) is 9.59 Å². The molecule has 0 radical (unpaired) electrons. The molecule has 0 saturated heterocycles. The van der Waals surface area contributed by atoms with Crippen LogP contribution in [-0.4, -0.2) is 23.3 Å². The van der Waals surface area contributed by atoms with Gasteiger partial charge in [0.15, 0.2) is 0 Å². The van der Waals surface area contributed by atoms with E-state index in [0.29, 0.717) is 6.54 Å². The van der Waals surface area contributed by atoms with E-state index in [4.69, 9.17) is 9.84 Å². The molecule has 1 amide bonds. The van der Waals surface area contributed by atoms with Crippen molar-refractivity contribution in [2.24, 2.45) is 0 Å². The van der Waals surface area contributed by atoms with Crippen LogP contribution in [0.15, 0.2) is 24.3 Å². The predicted octanol–water partition coefficient (Wildman–Crippen LogP) is 3.05. The number of carboxylic acid groups (broad SMARTS) is 1. The van der Waals surface area contributed by atoms with Crippen LogP contribution in [0.5, 0.6) is 0 Å². The van der Waals surface area contributed by atoms with Crippen LogP contribution in [-0.2, 0) is 11.3 Å². The van der Waals surface area contributed by atoms with Gasteiger partial charge in [-0.3, -0.25) is 0 Å². The van der Waals surface area contributed by atoms with Gasteiger partial charge in [-0.15, -0.1) is 0 Å². The Kier molecular flexibility index (Phi) is 8.00. The van der Waals surface area contributed by atoms with Crippen LogP contribution in [0.4, 0.5) is 4.79 Å². The molecular formula is C14H21NO4. The van der Waals surface area contributed by atoms with Crippen molar-refractivity contribution in [3.8, 4) is 0 Å². The maximum Gasteiger partial charge on any atom is 0.407 e. The molecule has 5 nitrogen and oxygen atoms in total. The molecule has 5 heteroatoms. The van der Waals surface area contributed by atoms with Crippen LogP contribution in [0.25, 0.3) is 0 Å². The molecule has 1 aromatic rings. The molecule has 0 fully saturated rings. The molecule has 1 aromatic carbocycles. The minimum Gasteiger partial charge on any atom is -0.478 e. The summed E-state index contributed by atoms with van der Waals surface area (Å²) in [4.78, 5) is 21.8. The third-order valence-electron chi connectivity index (χ3n) is 1.98. The van der Waals surface area contributed by atoms with Crippen LogP contribution in [0.2, 0.25) is 0 Å². The molecule has 0 aromatic heterocycles. The van der Waals surface area contributed by atoms with Crippen LogP contribution in [0, 0.1) is 0 Å². The van der Waals surface area contributed by atoms with Gasteiger partial charge >= 0.3 is 12.1 Å². The lowest BCUT2D eigenvalue weighted by molar-refractivity contribution is 0.0696. The quantitative estimate of drug-likeness (QED) is 0.879. The average molecular weight is 267 g/mol. The second-order valence-electron chi connectivity index (χ2n) is 3.81. The maximum atomic E-state index is 11.2. The van der Waals surface area contributed by atoms with E-state index in [1.807, 2.05) is 13.8 Å². The monoisotopic (exact) mass is 267 g/mol. The van der Waals surface area contributed by atoms with Gasteiger partial charge in [0, 0.05) is 6.54 Å². The van der Waals surface area contributed by atoms with Gasteiger partial charge in [0.2, 0.25) is 0 Å². The summed E-state index contributed by atoms with van der Waals surface area (Å²) >= 11 is 0. The smallest absolute Gasteiger partial charge is 0.407 e. The van der Waals surface area contributed by atoms with Crippen molar-refractivity contribution < 1.29 is 19.4 Å². The highest BCUT2D eigenvalue weighted by molar-refractivity contribution is 5.87.